The molecule has 4 nitrogen and oxygen atoms in total. The zero-order valence-corrected chi connectivity index (χ0v) is 15.3. The maximum atomic E-state index is 11.3. The average Bonchev–Trinajstić information content (AvgIpc) is 2.76. The first-order valence-corrected chi connectivity index (χ1v) is 8.42. The van der Waals surface area contributed by atoms with Crippen LogP contribution in [0.1, 0.15) is 45.0 Å². The Labute approximate surface area is 149 Å². The van der Waals surface area contributed by atoms with Gasteiger partial charge in [0.15, 0.2) is 5.78 Å². The molecule has 1 fully saturated rings. The third-order valence-corrected chi connectivity index (χ3v) is 4.90. The van der Waals surface area contributed by atoms with Crippen molar-refractivity contribution in [1.82, 2.24) is 0 Å². The van der Waals surface area contributed by atoms with Gasteiger partial charge < -0.3 is 14.0 Å². The van der Waals surface area contributed by atoms with E-state index in [1.165, 1.54) is 0 Å². The molecule has 1 heterocycles. The molecule has 3 rings (SSSR count). The maximum Gasteiger partial charge on any atom is 0.494 e. The van der Waals surface area contributed by atoms with Crippen LogP contribution < -0.4 is 10.2 Å². The normalized spacial score (nSPS) is 18.2. The number of hydrogen-bond donors (Lipinski definition) is 0. The van der Waals surface area contributed by atoms with E-state index in [2.05, 4.69) is 0 Å². The minimum atomic E-state index is -0.381. The number of hydrogen-bond acceptors (Lipinski definition) is 4. The minimum absolute atomic E-state index is 0.0401. The number of benzene rings is 2. The molecule has 0 aromatic heterocycles. The van der Waals surface area contributed by atoms with Gasteiger partial charge in [0.1, 0.15) is 11.5 Å². The molecule has 2 aromatic rings. The van der Waals surface area contributed by atoms with Crippen LogP contribution in [-0.2, 0) is 9.31 Å². The fourth-order valence-electron chi connectivity index (χ4n) is 2.57. The van der Waals surface area contributed by atoms with Crippen molar-refractivity contribution >= 4 is 18.4 Å². The molecule has 0 unspecified atom stereocenters. The molecule has 1 aliphatic rings. The Morgan fingerprint density at radius 1 is 0.840 bits per heavy atom. The molecular weight excluding hydrogens is 315 g/mol. The molecule has 2 aromatic carbocycles. The highest BCUT2D eigenvalue weighted by atomic mass is 16.7. The van der Waals surface area contributed by atoms with E-state index in [-0.39, 0.29) is 24.1 Å². The van der Waals surface area contributed by atoms with Crippen LogP contribution in [0.25, 0.3) is 0 Å². The van der Waals surface area contributed by atoms with Crippen molar-refractivity contribution in [3.8, 4) is 11.5 Å². The molecule has 25 heavy (non-hydrogen) atoms. The predicted octanol–water partition coefficient (Wildman–Crippen LogP) is 3.98. The van der Waals surface area contributed by atoms with Gasteiger partial charge in [0.2, 0.25) is 0 Å². The van der Waals surface area contributed by atoms with Crippen molar-refractivity contribution in [3.63, 3.8) is 0 Å². The number of carbonyl (C=O) groups is 1. The van der Waals surface area contributed by atoms with Gasteiger partial charge in [0.05, 0.1) is 11.2 Å². The Morgan fingerprint density at radius 3 is 1.72 bits per heavy atom. The van der Waals surface area contributed by atoms with Crippen molar-refractivity contribution in [3.05, 3.63) is 54.1 Å². The van der Waals surface area contributed by atoms with Gasteiger partial charge in [-0.2, -0.15) is 0 Å². The lowest BCUT2D eigenvalue weighted by atomic mass is 9.79. The number of carbonyl (C=O) groups excluding carboxylic acids is 1. The van der Waals surface area contributed by atoms with Gasteiger partial charge in [0, 0.05) is 5.56 Å². The van der Waals surface area contributed by atoms with Crippen molar-refractivity contribution in [1.29, 1.82) is 0 Å². The predicted molar refractivity (Wildman–Crippen MR) is 98.7 cm³/mol. The highest BCUT2D eigenvalue weighted by molar-refractivity contribution is 6.62. The number of Topliss-reactive ketones (excluding diaryl/α,β-unsaturated/α-hetero) is 1. The lowest BCUT2D eigenvalue weighted by molar-refractivity contribution is 0.00578. The van der Waals surface area contributed by atoms with Gasteiger partial charge in [0.25, 0.3) is 0 Å². The highest BCUT2D eigenvalue weighted by Crippen LogP contribution is 2.36. The van der Waals surface area contributed by atoms with E-state index in [9.17, 15) is 4.79 Å². The fourth-order valence-corrected chi connectivity index (χ4v) is 2.57. The smallest absolute Gasteiger partial charge is 0.457 e. The Hall–Kier alpha value is -2.11. The van der Waals surface area contributed by atoms with Crippen LogP contribution in [0, 0.1) is 0 Å². The third-order valence-electron chi connectivity index (χ3n) is 4.90. The van der Waals surface area contributed by atoms with Gasteiger partial charge >= 0.3 is 7.12 Å². The first-order valence-electron chi connectivity index (χ1n) is 8.42. The van der Waals surface area contributed by atoms with Crippen LogP contribution in [0.2, 0.25) is 0 Å². The summed E-state index contributed by atoms with van der Waals surface area (Å²) in [5.74, 6) is 1.45. The SMILES string of the molecule is CC(=O)c1ccc(Oc2ccc(B3OC(C)(C)C(C)(C)O3)cc2)cc1. The molecule has 0 N–H and O–H groups in total. The first kappa shape index (κ1) is 17.7. The second-order valence-electron chi connectivity index (χ2n) is 7.34. The zero-order chi connectivity index (χ0) is 18.2. The van der Waals surface area contributed by atoms with Crippen LogP contribution in [-0.4, -0.2) is 24.1 Å². The summed E-state index contributed by atoms with van der Waals surface area (Å²) in [6.07, 6.45) is 0. The first-order chi connectivity index (χ1) is 11.7. The van der Waals surface area contributed by atoms with Crippen molar-refractivity contribution in [2.75, 3.05) is 0 Å². The molecule has 1 aliphatic heterocycles. The molecule has 0 radical (unpaired) electrons. The Bertz CT molecular complexity index is 747. The van der Waals surface area contributed by atoms with E-state index in [1.807, 2.05) is 52.0 Å². The van der Waals surface area contributed by atoms with Gasteiger partial charge in [-0.1, -0.05) is 12.1 Å². The molecular formula is C20H23BO4. The van der Waals surface area contributed by atoms with Crippen LogP contribution in [0.5, 0.6) is 11.5 Å². The average molecular weight is 338 g/mol. The second-order valence-corrected chi connectivity index (χ2v) is 7.34. The largest absolute Gasteiger partial charge is 0.494 e. The molecule has 0 bridgehead atoms. The van der Waals surface area contributed by atoms with Crippen LogP contribution in [0.3, 0.4) is 0 Å². The van der Waals surface area contributed by atoms with E-state index < -0.39 is 0 Å². The van der Waals surface area contributed by atoms with Gasteiger partial charge in [-0.3, -0.25) is 4.79 Å². The van der Waals surface area contributed by atoms with Crippen LogP contribution in [0.4, 0.5) is 0 Å². The van der Waals surface area contributed by atoms with Crippen LogP contribution in [0.15, 0.2) is 48.5 Å². The summed E-state index contributed by atoms with van der Waals surface area (Å²) in [5, 5.41) is 0. The highest BCUT2D eigenvalue weighted by Gasteiger charge is 2.51. The van der Waals surface area contributed by atoms with Crippen molar-refractivity contribution in [2.45, 2.75) is 45.8 Å². The lowest BCUT2D eigenvalue weighted by Gasteiger charge is -2.32. The summed E-state index contributed by atoms with van der Waals surface area (Å²) in [6.45, 7) is 9.69. The van der Waals surface area contributed by atoms with Gasteiger partial charge in [-0.25, -0.2) is 0 Å². The topological polar surface area (TPSA) is 44.8 Å². The molecule has 1 saturated heterocycles. The Kier molecular flexibility index (Phi) is 4.48. The molecule has 0 atom stereocenters. The van der Waals surface area contributed by atoms with E-state index >= 15 is 0 Å². The molecule has 0 saturated carbocycles. The summed E-state index contributed by atoms with van der Waals surface area (Å²) in [4.78, 5) is 11.3. The van der Waals surface area contributed by atoms with E-state index in [4.69, 9.17) is 14.0 Å². The molecule has 0 spiro atoms. The standard InChI is InChI=1S/C20H23BO4/c1-14(22)15-6-10-17(11-7-15)23-18-12-8-16(9-13-18)21-24-19(2,3)20(4,5)25-21/h6-13H,1-5H3. The second kappa shape index (κ2) is 6.32. The number of rotatable bonds is 4. The maximum absolute atomic E-state index is 11.3. The summed E-state index contributed by atoms with van der Waals surface area (Å²) >= 11 is 0. The van der Waals surface area contributed by atoms with Crippen LogP contribution >= 0.6 is 0 Å². The van der Waals surface area contributed by atoms with Crippen molar-refractivity contribution < 1.29 is 18.8 Å². The summed E-state index contributed by atoms with van der Waals surface area (Å²) in [5.41, 5.74) is 0.915. The van der Waals surface area contributed by atoms with E-state index in [0.29, 0.717) is 11.3 Å². The lowest BCUT2D eigenvalue weighted by Crippen LogP contribution is -2.41. The molecule has 0 amide bonds. The monoisotopic (exact) mass is 338 g/mol. The summed E-state index contributed by atoms with van der Waals surface area (Å²) in [6, 6.07) is 14.8. The summed E-state index contributed by atoms with van der Waals surface area (Å²) in [7, 11) is -0.381. The zero-order valence-electron chi connectivity index (χ0n) is 15.3. The molecule has 130 valence electrons. The van der Waals surface area contributed by atoms with Gasteiger partial charge in [-0.15, -0.1) is 0 Å². The van der Waals surface area contributed by atoms with Crippen molar-refractivity contribution in [2.24, 2.45) is 0 Å². The minimum Gasteiger partial charge on any atom is -0.457 e. The summed E-state index contributed by atoms with van der Waals surface area (Å²) < 4.78 is 17.9. The number of ether oxygens (including phenoxy) is 1. The Morgan fingerprint density at radius 2 is 1.28 bits per heavy atom. The fraction of sp³-hybridized carbons (Fsp3) is 0.350. The van der Waals surface area contributed by atoms with E-state index in [0.717, 1.165) is 11.2 Å². The number of ketones is 1. The molecule has 0 aliphatic carbocycles. The quantitative estimate of drug-likeness (QED) is 0.625. The third kappa shape index (κ3) is 3.62. The molecule has 5 heteroatoms. The van der Waals surface area contributed by atoms with Gasteiger partial charge in [-0.05, 0) is 76.5 Å². The Balaban J connectivity index is 1.70. The van der Waals surface area contributed by atoms with E-state index in [1.54, 1.807) is 31.2 Å².